The molecule has 4 aliphatic rings. The number of carbonyl (C=O) groups excluding carboxylic acids is 4. The number of hydrogen-bond acceptors (Lipinski definition) is 8. The Balaban J connectivity index is 0.967. The molecule has 4 heterocycles. The SMILES string of the molecule is CC[C@H]1CC(C)N(C(=O)[C@@H](NC(=O)OC)C(C)C)[C@@H]1c1nc2ccc(-c3ccc4c(c3)C(F)(F)c3cc(-c5cnc([C@@H]6CC7(CC7)CN6C(=O)[C@@H](NC(=O)OC)C(C)C)[nH]5)ccc3-4)cc2[nH]1. The number of carbonyl (C=O) groups is 4. The van der Waals surface area contributed by atoms with E-state index < -0.39 is 30.2 Å². The molecule has 2 aliphatic carbocycles. The minimum absolute atomic E-state index is 0.00759. The fourth-order valence-electron chi connectivity index (χ4n) is 10.7. The van der Waals surface area contributed by atoms with Gasteiger partial charge < -0.3 is 39.9 Å². The maximum atomic E-state index is 16.7. The summed E-state index contributed by atoms with van der Waals surface area (Å²) in [6, 6.07) is 13.5. The lowest BCUT2D eigenvalue weighted by molar-refractivity contribution is -0.138. The van der Waals surface area contributed by atoms with E-state index in [-0.39, 0.29) is 64.2 Å². The molecule has 3 aromatic carbocycles. The van der Waals surface area contributed by atoms with E-state index in [1.165, 1.54) is 20.3 Å². The van der Waals surface area contributed by atoms with Gasteiger partial charge in [-0.3, -0.25) is 9.59 Å². The van der Waals surface area contributed by atoms with Gasteiger partial charge in [-0.15, -0.1) is 0 Å². The maximum Gasteiger partial charge on any atom is 0.407 e. The Bertz CT molecular complexity index is 2720. The molecule has 2 aliphatic heterocycles. The van der Waals surface area contributed by atoms with Crippen LogP contribution in [-0.2, 0) is 25.0 Å². The van der Waals surface area contributed by atoms with Crippen molar-refractivity contribution >= 4 is 35.0 Å². The highest BCUT2D eigenvalue weighted by molar-refractivity contribution is 5.89. The second-order valence-electron chi connectivity index (χ2n) is 19.5. The lowest BCUT2D eigenvalue weighted by atomic mass is 9.95. The third-order valence-corrected chi connectivity index (χ3v) is 14.5. The highest BCUT2D eigenvalue weighted by Gasteiger charge is 2.55. The minimum Gasteiger partial charge on any atom is -0.453 e. The van der Waals surface area contributed by atoms with Gasteiger partial charge in [-0.05, 0) is 102 Å². The molecular weight excluding hydrogens is 847 g/mol. The number of nitrogens with zero attached hydrogens (tertiary/aromatic N) is 4. The zero-order valence-electron chi connectivity index (χ0n) is 38.6. The van der Waals surface area contributed by atoms with Crippen molar-refractivity contribution in [2.75, 3.05) is 20.8 Å². The number of alkyl halides is 2. The van der Waals surface area contributed by atoms with E-state index in [1.807, 2.05) is 69.9 Å². The van der Waals surface area contributed by atoms with Crippen molar-refractivity contribution in [2.45, 2.75) is 110 Å². The molecule has 4 N–H and O–H groups in total. The largest absolute Gasteiger partial charge is 0.453 e. The van der Waals surface area contributed by atoms with E-state index in [0.29, 0.717) is 57.2 Å². The van der Waals surface area contributed by atoms with Gasteiger partial charge in [-0.25, -0.2) is 19.6 Å². The molecule has 16 heteroatoms. The van der Waals surface area contributed by atoms with E-state index in [4.69, 9.17) is 19.4 Å². The van der Waals surface area contributed by atoms with Gasteiger partial charge in [0.2, 0.25) is 11.8 Å². The van der Waals surface area contributed by atoms with Crippen LogP contribution >= 0.6 is 0 Å². The highest BCUT2D eigenvalue weighted by atomic mass is 19.3. The summed E-state index contributed by atoms with van der Waals surface area (Å²) in [4.78, 5) is 72.7. The average Bonchev–Trinajstić information content (AvgIpc) is 3.76. The Labute approximate surface area is 382 Å². The number of alkyl carbamates (subject to hydrolysis) is 2. The number of benzene rings is 3. The van der Waals surface area contributed by atoms with E-state index >= 15 is 8.78 Å². The van der Waals surface area contributed by atoms with E-state index in [2.05, 4.69) is 27.5 Å². The summed E-state index contributed by atoms with van der Waals surface area (Å²) in [5, 5.41) is 5.43. The summed E-state index contributed by atoms with van der Waals surface area (Å²) in [7, 11) is 2.54. The summed E-state index contributed by atoms with van der Waals surface area (Å²) in [5.74, 6) is -2.74. The number of rotatable bonds is 11. The molecule has 1 saturated carbocycles. The number of aromatic amines is 2. The fraction of sp³-hybridized carbons (Fsp3) is 0.480. The number of likely N-dealkylation sites (tertiary alicyclic amines) is 2. The molecular formula is C50H58F2N8O6. The number of amides is 4. The Morgan fingerprint density at radius 2 is 1.41 bits per heavy atom. The van der Waals surface area contributed by atoms with Gasteiger partial charge in [0.15, 0.2) is 0 Å². The monoisotopic (exact) mass is 904 g/mol. The highest BCUT2D eigenvalue weighted by Crippen LogP contribution is 2.59. The molecule has 14 nitrogen and oxygen atoms in total. The van der Waals surface area contributed by atoms with Crippen molar-refractivity contribution in [1.82, 2.24) is 40.4 Å². The van der Waals surface area contributed by atoms with Gasteiger partial charge in [0, 0.05) is 29.3 Å². The number of methoxy groups -OCH3 is 2. The fourth-order valence-corrected chi connectivity index (χ4v) is 10.7. The summed E-state index contributed by atoms with van der Waals surface area (Å²) in [6.07, 6.45) is 4.60. The standard InChI is InChI=1S/C50H58F2N8O6/c1-9-28-18-27(6)60(46(62)41(26(4)5)58-48(64)66-8)42(28)44-54-36-15-12-30(21-37(36)55-44)29-10-13-32-33-14-11-31(20-35(33)50(51,52)34(32)19-29)38-23-53-43(56-38)39-22-49(16-17-49)24-59(39)45(61)40(25(2)3)57-47(63)65-7/h10-15,19-21,23,25-28,39-42H,9,16-18,22,24H2,1-8H3,(H,53,56)(H,54,55)(H,57,63)(H,58,64)/t27?,28-,39-,40-,41-,42-/m0/s1. The maximum absolute atomic E-state index is 16.7. The van der Waals surface area contributed by atoms with Crippen molar-refractivity contribution in [3.8, 4) is 33.5 Å². The Hall–Kier alpha value is -6.32. The van der Waals surface area contributed by atoms with Gasteiger partial charge >= 0.3 is 12.2 Å². The van der Waals surface area contributed by atoms with Crippen LogP contribution in [0.2, 0.25) is 0 Å². The lowest BCUT2D eigenvalue weighted by Crippen LogP contribution is -2.52. The smallest absolute Gasteiger partial charge is 0.407 e. The predicted molar refractivity (Wildman–Crippen MR) is 244 cm³/mol. The first-order valence-corrected chi connectivity index (χ1v) is 23.0. The first-order chi connectivity index (χ1) is 31.5. The molecule has 1 spiro atoms. The normalized spacial score (nSPS) is 22.1. The number of H-pyrrole nitrogens is 2. The van der Waals surface area contributed by atoms with E-state index in [0.717, 1.165) is 37.7 Å². The van der Waals surface area contributed by atoms with Crippen LogP contribution in [0, 0.1) is 23.2 Å². The summed E-state index contributed by atoms with van der Waals surface area (Å²) in [6.45, 7) is 12.2. The van der Waals surface area contributed by atoms with E-state index in [1.54, 1.807) is 29.3 Å². The molecule has 66 heavy (non-hydrogen) atoms. The van der Waals surface area contributed by atoms with Crippen molar-refractivity contribution in [3.05, 3.63) is 83.6 Å². The number of aromatic nitrogens is 4. The number of hydrogen-bond donors (Lipinski definition) is 4. The van der Waals surface area contributed by atoms with Gasteiger partial charge in [0.05, 0.1) is 49.2 Å². The van der Waals surface area contributed by atoms with Gasteiger partial charge in [-0.2, -0.15) is 8.78 Å². The van der Waals surface area contributed by atoms with Crippen LogP contribution in [0.5, 0.6) is 0 Å². The average molecular weight is 905 g/mol. The first kappa shape index (κ1) is 44.9. The third-order valence-electron chi connectivity index (χ3n) is 14.5. The number of halogens is 2. The zero-order chi connectivity index (χ0) is 47.0. The van der Waals surface area contributed by atoms with Crippen molar-refractivity contribution in [3.63, 3.8) is 0 Å². The molecule has 1 unspecified atom stereocenters. The molecule has 9 rings (SSSR count). The molecule has 4 amide bonds. The molecule has 348 valence electrons. The van der Waals surface area contributed by atoms with Crippen LogP contribution in [0.1, 0.15) is 109 Å². The summed E-state index contributed by atoms with van der Waals surface area (Å²) >= 11 is 0. The van der Waals surface area contributed by atoms with Crippen molar-refractivity contribution < 1.29 is 37.4 Å². The quantitative estimate of drug-likeness (QED) is 0.102. The second-order valence-corrected chi connectivity index (χ2v) is 19.5. The topological polar surface area (TPSA) is 175 Å². The Morgan fingerprint density at radius 3 is 2.02 bits per heavy atom. The van der Waals surface area contributed by atoms with Crippen molar-refractivity contribution in [2.24, 2.45) is 23.2 Å². The van der Waals surface area contributed by atoms with Gasteiger partial charge in [-0.1, -0.05) is 71.4 Å². The van der Waals surface area contributed by atoms with Crippen LogP contribution in [0.3, 0.4) is 0 Å². The summed E-state index contributed by atoms with van der Waals surface area (Å²) in [5.41, 5.74) is 4.60. The first-order valence-electron chi connectivity index (χ1n) is 23.0. The number of nitrogens with one attached hydrogen (secondary N) is 4. The number of ether oxygens (including phenoxy) is 2. The van der Waals surface area contributed by atoms with Gasteiger partial charge in [0.25, 0.3) is 5.92 Å². The molecule has 6 atom stereocenters. The lowest BCUT2D eigenvalue weighted by Gasteiger charge is -2.33. The summed E-state index contributed by atoms with van der Waals surface area (Å²) < 4.78 is 43.0. The molecule has 2 saturated heterocycles. The van der Waals surface area contributed by atoms with Crippen LogP contribution in [-0.4, -0.2) is 92.6 Å². The Morgan fingerprint density at radius 1 is 0.818 bits per heavy atom. The third kappa shape index (κ3) is 7.74. The van der Waals surface area contributed by atoms with Crippen LogP contribution in [0.4, 0.5) is 18.4 Å². The Kier molecular flexibility index (Phi) is 11.4. The molecule has 0 radical (unpaired) electrons. The zero-order valence-corrected chi connectivity index (χ0v) is 38.6. The molecule has 5 aromatic rings. The van der Waals surface area contributed by atoms with E-state index in [9.17, 15) is 19.2 Å². The van der Waals surface area contributed by atoms with Crippen molar-refractivity contribution in [1.29, 1.82) is 0 Å². The van der Waals surface area contributed by atoms with Gasteiger partial charge in [0.1, 0.15) is 23.7 Å². The minimum atomic E-state index is -3.29. The molecule has 0 bridgehead atoms. The van der Waals surface area contributed by atoms with Crippen LogP contribution in [0.25, 0.3) is 44.5 Å². The molecule has 2 aromatic heterocycles. The predicted octanol–water partition coefficient (Wildman–Crippen LogP) is 9.24. The molecule has 3 fully saturated rings. The number of fused-ring (bicyclic) bond motifs is 4. The number of imidazole rings is 2. The van der Waals surface area contributed by atoms with Crippen LogP contribution < -0.4 is 10.6 Å². The van der Waals surface area contributed by atoms with Crippen LogP contribution in [0.15, 0.2) is 60.8 Å². The second kappa shape index (κ2) is 16.8.